The quantitative estimate of drug-likeness (QED) is 0.474. The zero-order chi connectivity index (χ0) is 22.9. The molecule has 2 fully saturated rings. The van der Waals surface area contributed by atoms with Crippen molar-refractivity contribution in [2.24, 2.45) is 11.8 Å². The molecule has 2 aliphatic rings. The van der Waals surface area contributed by atoms with Crippen molar-refractivity contribution in [2.45, 2.75) is 24.4 Å². The van der Waals surface area contributed by atoms with Crippen LogP contribution < -0.4 is 9.47 Å². The van der Waals surface area contributed by atoms with Crippen LogP contribution in [0.3, 0.4) is 0 Å². The number of amides is 1. The highest BCUT2D eigenvalue weighted by Gasteiger charge is 2.72. The zero-order valence-corrected chi connectivity index (χ0v) is 18.0. The van der Waals surface area contributed by atoms with Crippen molar-refractivity contribution in [3.05, 3.63) is 23.8 Å². The Bertz CT molecular complexity index is 914. The number of rotatable bonds is 6. The summed E-state index contributed by atoms with van der Waals surface area (Å²) in [6, 6.07) is 3.89. The summed E-state index contributed by atoms with van der Waals surface area (Å²) in [7, 11) is 6.43. The second-order valence-electron chi connectivity index (χ2n) is 7.29. The van der Waals surface area contributed by atoms with Gasteiger partial charge in [-0.25, -0.2) is 4.79 Å². The third-order valence-electron chi connectivity index (χ3n) is 6.13. The molecule has 1 aromatic carbocycles. The minimum Gasteiger partial charge on any atom is -0.493 e. The summed E-state index contributed by atoms with van der Waals surface area (Å²) < 4.78 is 25.6. The van der Waals surface area contributed by atoms with Crippen molar-refractivity contribution in [1.29, 1.82) is 0 Å². The van der Waals surface area contributed by atoms with Crippen LogP contribution in [0, 0.1) is 11.8 Å². The van der Waals surface area contributed by atoms with Crippen LogP contribution in [0.1, 0.15) is 24.4 Å². The molecule has 2 aliphatic heterocycles. The number of methoxy groups -OCH3 is 5. The molecule has 0 bridgehead atoms. The van der Waals surface area contributed by atoms with Crippen LogP contribution in [0.4, 0.5) is 0 Å². The lowest BCUT2D eigenvalue weighted by molar-refractivity contribution is -0.167. The van der Waals surface area contributed by atoms with E-state index in [9.17, 15) is 19.2 Å². The fraction of sp³-hybridized carbons (Fsp3) is 0.524. The van der Waals surface area contributed by atoms with E-state index in [4.69, 9.17) is 23.7 Å². The van der Waals surface area contributed by atoms with Crippen LogP contribution >= 0.6 is 0 Å². The number of nitrogens with zero attached hydrogens (tertiary/aromatic N) is 1. The topological polar surface area (TPSA) is 118 Å². The number of esters is 3. The molecule has 4 unspecified atom stereocenters. The van der Waals surface area contributed by atoms with Gasteiger partial charge in [-0.3, -0.25) is 14.4 Å². The highest BCUT2D eigenvalue weighted by molar-refractivity contribution is 6.00. The minimum absolute atomic E-state index is 0.00948. The van der Waals surface area contributed by atoms with E-state index in [1.54, 1.807) is 18.2 Å². The van der Waals surface area contributed by atoms with Crippen molar-refractivity contribution in [3.63, 3.8) is 0 Å². The van der Waals surface area contributed by atoms with E-state index in [-0.39, 0.29) is 18.7 Å². The van der Waals surface area contributed by atoms with E-state index in [1.165, 1.54) is 33.3 Å². The Labute approximate surface area is 179 Å². The number of hydrogen-bond donors (Lipinski definition) is 0. The fourth-order valence-electron chi connectivity index (χ4n) is 4.88. The molecule has 0 spiro atoms. The van der Waals surface area contributed by atoms with Crippen LogP contribution in [0.2, 0.25) is 0 Å². The molecular weight excluding hydrogens is 410 g/mol. The minimum atomic E-state index is -1.68. The molecule has 0 N–H and O–H groups in total. The van der Waals surface area contributed by atoms with Gasteiger partial charge in [0, 0.05) is 6.42 Å². The summed E-state index contributed by atoms with van der Waals surface area (Å²) in [5.74, 6) is -4.42. The number of hydrogen-bond acceptors (Lipinski definition) is 9. The Morgan fingerprint density at radius 2 is 1.58 bits per heavy atom. The lowest BCUT2D eigenvalue weighted by Gasteiger charge is -2.34. The first-order chi connectivity index (χ1) is 14.8. The lowest BCUT2D eigenvalue weighted by atomic mass is 9.76. The van der Waals surface area contributed by atoms with E-state index in [0.29, 0.717) is 17.1 Å². The van der Waals surface area contributed by atoms with Crippen molar-refractivity contribution < 1.29 is 42.9 Å². The monoisotopic (exact) mass is 435 g/mol. The third kappa shape index (κ3) is 3.17. The first-order valence-corrected chi connectivity index (χ1v) is 9.60. The smallest absolute Gasteiger partial charge is 0.332 e. The number of benzene rings is 1. The average Bonchev–Trinajstić information content (AvgIpc) is 3.30. The summed E-state index contributed by atoms with van der Waals surface area (Å²) >= 11 is 0. The largest absolute Gasteiger partial charge is 0.493 e. The first-order valence-electron chi connectivity index (χ1n) is 9.60. The Morgan fingerprint density at radius 3 is 2.13 bits per heavy atom. The molecule has 10 nitrogen and oxygen atoms in total. The second-order valence-corrected chi connectivity index (χ2v) is 7.29. The number of fused-ring (bicyclic) bond motifs is 1. The molecule has 1 amide bonds. The first kappa shape index (κ1) is 22.4. The normalized spacial score (nSPS) is 26.8. The van der Waals surface area contributed by atoms with Crippen molar-refractivity contribution in [1.82, 2.24) is 4.90 Å². The summed E-state index contributed by atoms with van der Waals surface area (Å²) in [6.45, 7) is 0. The highest BCUT2D eigenvalue weighted by Crippen LogP contribution is 2.57. The van der Waals surface area contributed by atoms with Gasteiger partial charge in [0.15, 0.2) is 17.0 Å². The molecule has 0 radical (unpaired) electrons. The molecule has 10 heteroatoms. The Kier molecular flexibility index (Phi) is 6.10. The number of ether oxygens (including phenoxy) is 5. The molecule has 0 saturated carbocycles. The van der Waals surface area contributed by atoms with Crippen molar-refractivity contribution in [3.8, 4) is 11.5 Å². The van der Waals surface area contributed by atoms with Gasteiger partial charge in [0.2, 0.25) is 5.91 Å². The second kappa shape index (κ2) is 8.44. The van der Waals surface area contributed by atoms with Crippen molar-refractivity contribution >= 4 is 23.8 Å². The van der Waals surface area contributed by atoms with E-state index >= 15 is 0 Å². The van der Waals surface area contributed by atoms with Gasteiger partial charge in [-0.05, 0) is 24.1 Å². The predicted molar refractivity (Wildman–Crippen MR) is 104 cm³/mol. The van der Waals surface area contributed by atoms with Gasteiger partial charge < -0.3 is 28.6 Å². The van der Waals surface area contributed by atoms with E-state index in [1.807, 2.05) is 0 Å². The maximum absolute atomic E-state index is 13.0. The van der Waals surface area contributed by atoms with Crippen LogP contribution in [0.15, 0.2) is 18.2 Å². The van der Waals surface area contributed by atoms with E-state index in [2.05, 4.69) is 0 Å². The van der Waals surface area contributed by atoms with E-state index < -0.39 is 41.3 Å². The summed E-state index contributed by atoms with van der Waals surface area (Å²) in [5.41, 5.74) is -1.21. The molecule has 168 valence electrons. The molecule has 2 saturated heterocycles. The average molecular weight is 435 g/mol. The van der Waals surface area contributed by atoms with Gasteiger partial charge >= 0.3 is 17.9 Å². The summed E-state index contributed by atoms with van der Waals surface area (Å²) in [4.78, 5) is 53.1. The maximum atomic E-state index is 13.0. The van der Waals surface area contributed by atoms with Gasteiger partial charge in [-0.1, -0.05) is 6.07 Å². The summed E-state index contributed by atoms with van der Waals surface area (Å²) in [5, 5.41) is 0. The SMILES string of the molecule is COC(=O)C1C(c2ccc(OC)c(OC)c2)N2C(=O)CCC2(C(=O)OC)C1C(=O)OC. The van der Waals surface area contributed by atoms with Crippen molar-refractivity contribution in [2.75, 3.05) is 35.5 Å². The number of carbonyl (C=O) groups excluding carboxylic acids is 4. The predicted octanol–water partition coefficient (Wildman–Crippen LogP) is 0.871. The standard InChI is InChI=1S/C21H25NO9/c1-27-12-7-6-11(10-13(12)28-2)17-15(18(24)29-3)16(19(25)30-4)21(20(26)31-5)9-8-14(23)22(17)21/h6-7,10,15-17H,8-9H2,1-5H3. The fourth-order valence-corrected chi connectivity index (χ4v) is 4.88. The van der Waals surface area contributed by atoms with Gasteiger partial charge in [-0.2, -0.15) is 0 Å². The van der Waals surface area contributed by atoms with Crippen LogP contribution in [0.5, 0.6) is 11.5 Å². The third-order valence-corrected chi connectivity index (χ3v) is 6.13. The number of carbonyl (C=O) groups is 4. The summed E-state index contributed by atoms with van der Waals surface area (Å²) in [6.07, 6.45) is 0.0236. The molecule has 0 aliphatic carbocycles. The molecule has 3 rings (SSSR count). The molecule has 1 aromatic rings. The van der Waals surface area contributed by atoms with Gasteiger partial charge in [0.1, 0.15) is 5.92 Å². The van der Waals surface area contributed by atoms with Crippen LogP contribution in [-0.4, -0.2) is 69.8 Å². The lowest BCUT2D eigenvalue weighted by Crippen LogP contribution is -2.55. The van der Waals surface area contributed by atoms with Crippen LogP contribution in [-0.2, 0) is 33.4 Å². The molecular formula is C21H25NO9. The van der Waals surface area contributed by atoms with E-state index in [0.717, 1.165) is 7.11 Å². The molecule has 4 atom stereocenters. The van der Waals surface area contributed by atoms with Gasteiger partial charge in [0.25, 0.3) is 0 Å². The Balaban J connectivity index is 2.30. The molecule has 31 heavy (non-hydrogen) atoms. The molecule has 0 aromatic heterocycles. The Hall–Kier alpha value is -3.30. The van der Waals surface area contributed by atoms with Gasteiger partial charge in [0.05, 0.1) is 47.5 Å². The molecule has 2 heterocycles. The highest BCUT2D eigenvalue weighted by atomic mass is 16.5. The van der Waals surface area contributed by atoms with Crippen LogP contribution in [0.25, 0.3) is 0 Å². The maximum Gasteiger partial charge on any atom is 0.332 e. The van der Waals surface area contributed by atoms with Gasteiger partial charge in [-0.15, -0.1) is 0 Å². The zero-order valence-electron chi connectivity index (χ0n) is 18.0. The Morgan fingerprint density at radius 1 is 0.935 bits per heavy atom.